The lowest BCUT2D eigenvalue weighted by Crippen LogP contribution is -2.13. The largest absolute Gasteiger partial charge is 0.486 e. The first-order chi connectivity index (χ1) is 12.6. The van der Waals surface area contributed by atoms with Crippen molar-refractivity contribution in [3.8, 4) is 5.75 Å². The van der Waals surface area contributed by atoms with Crippen LogP contribution in [0, 0.1) is 6.92 Å². The van der Waals surface area contributed by atoms with Crippen molar-refractivity contribution in [3.05, 3.63) is 54.4 Å². The van der Waals surface area contributed by atoms with Gasteiger partial charge in [-0.25, -0.2) is 9.97 Å². The van der Waals surface area contributed by atoms with Crippen LogP contribution < -0.4 is 9.64 Å². The summed E-state index contributed by atoms with van der Waals surface area (Å²) in [5.41, 5.74) is 1.91. The summed E-state index contributed by atoms with van der Waals surface area (Å²) in [7, 11) is 1.98. The van der Waals surface area contributed by atoms with E-state index in [1.54, 1.807) is 0 Å². The molecule has 3 aromatic rings. The molecule has 0 aliphatic rings. The highest BCUT2D eigenvalue weighted by molar-refractivity contribution is 5.91. The first-order valence-corrected chi connectivity index (χ1v) is 8.80. The van der Waals surface area contributed by atoms with Gasteiger partial charge in [-0.3, -0.25) is 4.79 Å². The average molecular weight is 349 g/mol. The van der Waals surface area contributed by atoms with Gasteiger partial charge in [0.1, 0.15) is 24.0 Å². The van der Waals surface area contributed by atoms with E-state index in [4.69, 9.17) is 4.74 Å². The maximum Gasteiger partial charge on any atom is 0.170 e. The van der Waals surface area contributed by atoms with Crippen molar-refractivity contribution < 1.29 is 9.53 Å². The summed E-state index contributed by atoms with van der Waals surface area (Å²) in [5, 5.41) is 1.01. The first-order valence-electron chi connectivity index (χ1n) is 8.80. The summed E-state index contributed by atoms with van der Waals surface area (Å²) in [4.78, 5) is 22.7. The number of ether oxygens (including phenoxy) is 1. The Bertz CT molecular complexity index is 907. The van der Waals surface area contributed by atoms with E-state index >= 15 is 0 Å². The summed E-state index contributed by atoms with van der Waals surface area (Å²) in [6, 6.07) is 15.7. The number of aryl methyl sites for hydroxylation is 1. The third-order valence-electron chi connectivity index (χ3n) is 4.17. The van der Waals surface area contributed by atoms with Gasteiger partial charge < -0.3 is 9.64 Å². The molecule has 1 heterocycles. The third kappa shape index (κ3) is 3.99. The van der Waals surface area contributed by atoms with Crippen LogP contribution in [-0.2, 0) is 4.79 Å². The maximum atomic E-state index is 11.6. The number of hydrogen-bond donors (Lipinski definition) is 0. The zero-order valence-corrected chi connectivity index (χ0v) is 15.4. The van der Waals surface area contributed by atoms with Gasteiger partial charge in [0.25, 0.3) is 0 Å². The lowest BCUT2D eigenvalue weighted by molar-refractivity contribution is -0.121. The van der Waals surface area contributed by atoms with Gasteiger partial charge in [-0.15, -0.1) is 0 Å². The van der Waals surface area contributed by atoms with Crippen molar-refractivity contribution >= 4 is 28.2 Å². The third-order valence-corrected chi connectivity index (χ3v) is 4.17. The minimum absolute atomic E-state index is 0.122. The van der Waals surface area contributed by atoms with Gasteiger partial charge >= 0.3 is 0 Å². The molecular weight excluding hydrogens is 326 g/mol. The number of ketones is 1. The Morgan fingerprint density at radius 2 is 1.81 bits per heavy atom. The molecule has 0 saturated carbocycles. The smallest absolute Gasteiger partial charge is 0.170 e. The van der Waals surface area contributed by atoms with Crippen molar-refractivity contribution in [2.24, 2.45) is 0 Å². The second kappa shape index (κ2) is 7.95. The highest BCUT2D eigenvalue weighted by atomic mass is 16.5. The van der Waals surface area contributed by atoms with Crippen molar-refractivity contribution in [2.75, 3.05) is 18.6 Å². The van der Waals surface area contributed by atoms with Crippen LogP contribution in [0.1, 0.15) is 25.6 Å². The molecule has 0 spiro atoms. The molecule has 0 aliphatic heterocycles. The maximum absolute atomic E-state index is 11.6. The van der Waals surface area contributed by atoms with Gasteiger partial charge in [-0.1, -0.05) is 19.1 Å². The lowest BCUT2D eigenvalue weighted by atomic mass is 10.2. The Hall–Kier alpha value is -2.95. The fraction of sp³-hybridized carbons (Fsp3) is 0.286. The molecule has 3 rings (SSSR count). The van der Waals surface area contributed by atoms with Crippen LogP contribution in [0.2, 0.25) is 0 Å². The molecule has 0 amide bonds. The number of benzene rings is 2. The van der Waals surface area contributed by atoms with Crippen LogP contribution in [0.4, 0.5) is 11.5 Å². The number of hydrogen-bond acceptors (Lipinski definition) is 5. The minimum atomic E-state index is 0.122. The van der Waals surface area contributed by atoms with E-state index in [0.717, 1.165) is 34.7 Å². The normalized spacial score (nSPS) is 10.7. The SMILES string of the molecule is CCCC(=O)COc1ccc(N(C)c2nc(C)nc3ccccc23)cc1. The predicted octanol–water partition coefficient (Wildman–Crippen LogP) is 4.45. The van der Waals surface area contributed by atoms with Crippen molar-refractivity contribution in [2.45, 2.75) is 26.7 Å². The molecule has 0 bridgehead atoms. The van der Waals surface area contributed by atoms with Gasteiger partial charge in [0.15, 0.2) is 5.78 Å². The predicted molar refractivity (Wildman–Crippen MR) is 104 cm³/mol. The fourth-order valence-electron chi connectivity index (χ4n) is 2.83. The zero-order chi connectivity index (χ0) is 18.5. The summed E-state index contributed by atoms with van der Waals surface area (Å²) in [6.07, 6.45) is 1.40. The molecule has 0 radical (unpaired) electrons. The fourth-order valence-corrected chi connectivity index (χ4v) is 2.83. The van der Waals surface area contributed by atoms with E-state index < -0.39 is 0 Å². The number of Topliss-reactive ketones (excluding diaryl/α,β-unsaturated/α-hetero) is 1. The molecule has 5 heteroatoms. The van der Waals surface area contributed by atoms with E-state index in [-0.39, 0.29) is 12.4 Å². The Labute approximate surface area is 153 Å². The monoisotopic (exact) mass is 349 g/mol. The van der Waals surface area contributed by atoms with Crippen LogP contribution in [0.5, 0.6) is 5.75 Å². The number of para-hydroxylation sites is 1. The zero-order valence-electron chi connectivity index (χ0n) is 15.4. The average Bonchev–Trinajstić information content (AvgIpc) is 2.66. The molecule has 0 saturated heterocycles. The van der Waals surface area contributed by atoms with E-state index in [1.165, 1.54) is 0 Å². The Morgan fingerprint density at radius 1 is 1.08 bits per heavy atom. The van der Waals surface area contributed by atoms with Gasteiger partial charge in [0.2, 0.25) is 0 Å². The second-order valence-electron chi connectivity index (χ2n) is 6.24. The van der Waals surface area contributed by atoms with Crippen LogP contribution in [0.25, 0.3) is 10.9 Å². The molecule has 1 aromatic heterocycles. The number of nitrogens with zero attached hydrogens (tertiary/aromatic N) is 3. The summed E-state index contributed by atoms with van der Waals surface area (Å²) >= 11 is 0. The summed E-state index contributed by atoms with van der Waals surface area (Å²) in [5.74, 6) is 2.41. The summed E-state index contributed by atoms with van der Waals surface area (Å²) in [6.45, 7) is 4.01. The topological polar surface area (TPSA) is 55.3 Å². The lowest BCUT2D eigenvalue weighted by Gasteiger charge is -2.20. The molecule has 0 N–H and O–H groups in total. The van der Waals surface area contributed by atoms with Crippen LogP contribution in [-0.4, -0.2) is 29.4 Å². The number of carbonyl (C=O) groups is 1. The van der Waals surface area contributed by atoms with Gasteiger partial charge in [0, 0.05) is 24.5 Å². The molecule has 0 fully saturated rings. The number of aromatic nitrogens is 2. The van der Waals surface area contributed by atoms with Crippen molar-refractivity contribution in [1.82, 2.24) is 9.97 Å². The molecular formula is C21H23N3O2. The van der Waals surface area contributed by atoms with Gasteiger partial charge in [0.05, 0.1) is 5.52 Å². The minimum Gasteiger partial charge on any atom is -0.486 e. The van der Waals surface area contributed by atoms with Crippen LogP contribution >= 0.6 is 0 Å². The second-order valence-corrected chi connectivity index (χ2v) is 6.24. The van der Waals surface area contributed by atoms with Crippen LogP contribution in [0.15, 0.2) is 48.5 Å². The number of carbonyl (C=O) groups excluding carboxylic acids is 1. The molecule has 0 unspecified atom stereocenters. The molecule has 5 nitrogen and oxygen atoms in total. The number of fused-ring (bicyclic) bond motifs is 1. The molecule has 0 atom stereocenters. The Morgan fingerprint density at radius 3 is 2.54 bits per heavy atom. The van der Waals surface area contributed by atoms with Crippen LogP contribution in [0.3, 0.4) is 0 Å². The van der Waals surface area contributed by atoms with Crippen molar-refractivity contribution in [3.63, 3.8) is 0 Å². The summed E-state index contributed by atoms with van der Waals surface area (Å²) < 4.78 is 5.56. The number of anilines is 2. The van der Waals surface area contributed by atoms with Gasteiger partial charge in [-0.2, -0.15) is 0 Å². The van der Waals surface area contributed by atoms with Crippen molar-refractivity contribution in [1.29, 1.82) is 0 Å². The first kappa shape index (κ1) is 17.9. The molecule has 134 valence electrons. The highest BCUT2D eigenvalue weighted by Gasteiger charge is 2.12. The quantitative estimate of drug-likeness (QED) is 0.630. The van der Waals surface area contributed by atoms with E-state index in [9.17, 15) is 4.79 Å². The Balaban J connectivity index is 1.80. The van der Waals surface area contributed by atoms with E-state index in [1.807, 2.05) is 74.3 Å². The van der Waals surface area contributed by atoms with E-state index in [0.29, 0.717) is 12.2 Å². The molecule has 26 heavy (non-hydrogen) atoms. The number of rotatable bonds is 7. The standard InChI is InChI=1S/C21H23N3O2/c1-4-7-17(25)14-26-18-12-10-16(11-13-18)24(3)21-19-8-5-6-9-20(19)22-15(2)23-21/h5-6,8-13H,4,7,14H2,1-3H3. The highest BCUT2D eigenvalue weighted by Crippen LogP contribution is 2.29. The van der Waals surface area contributed by atoms with E-state index in [2.05, 4.69) is 9.97 Å². The van der Waals surface area contributed by atoms with Gasteiger partial charge in [-0.05, 0) is 49.7 Å². The Kier molecular flexibility index (Phi) is 5.46. The molecule has 0 aliphatic carbocycles. The molecule has 2 aromatic carbocycles.